The van der Waals surface area contributed by atoms with E-state index in [1.165, 1.54) is 7.11 Å². The van der Waals surface area contributed by atoms with Crippen molar-refractivity contribution in [3.8, 4) is 0 Å². The first-order chi connectivity index (χ1) is 11.0. The van der Waals surface area contributed by atoms with E-state index in [2.05, 4.69) is 15.5 Å². The van der Waals surface area contributed by atoms with E-state index in [1.807, 2.05) is 18.7 Å². The van der Waals surface area contributed by atoms with Gasteiger partial charge in [-0.1, -0.05) is 13.8 Å². The number of hydrogen-bond acceptors (Lipinski definition) is 5. The van der Waals surface area contributed by atoms with Gasteiger partial charge in [-0.15, -0.1) is 0 Å². The maximum absolute atomic E-state index is 12.8. The van der Waals surface area contributed by atoms with E-state index in [0.29, 0.717) is 6.04 Å². The second-order valence-corrected chi connectivity index (χ2v) is 6.73. The van der Waals surface area contributed by atoms with Crippen molar-refractivity contribution in [3.05, 3.63) is 0 Å². The van der Waals surface area contributed by atoms with Crippen molar-refractivity contribution in [2.75, 3.05) is 53.0 Å². The van der Waals surface area contributed by atoms with Gasteiger partial charge < -0.3 is 20.3 Å². The minimum Gasteiger partial charge on any atom is -0.375 e. The molecule has 132 valence electrons. The van der Waals surface area contributed by atoms with E-state index in [1.54, 1.807) is 0 Å². The third-order valence-electron chi connectivity index (χ3n) is 4.67. The van der Waals surface area contributed by atoms with Crippen LogP contribution in [0.3, 0.4) is 0 Å². The fourth-order valence-electron chi connectivity index (χ4n) is 3.34. The van der Waals surface area contributed by atoms with Gasteiger partial charge in [0, 0.05) is 52.4 Å². The fourth-order valence-corrected chi connectivity index (χ4v) is 3.34. The standard InChI is InChI=1S/C16H30N4O3/c1-12(2)15(18-14(21)11-23-3)16(22)20-7-4-13(10-20)19-8-5-17-6-9-19/h12-13,15,17H,4-11H2,1-3H3,(H,18,21)/t13?,15-/m0/s1. The van der Waals surface area contributed by atoms with Crippen LogP contribution in [0.1, 0.15) is 20.3 Å². The lowest BCUT2D eigenvalue weighted by atomic mass is 10.0. The molecule has 2 aliphatic rings. The summed E-state index contributed by atoms with van der Waals surface area (Å²) >= 11 is 0. The Morgan fingerprint density at radius 3 is 2.57 bits per heavy atom. The molecule has 1 unspecified atom stereocenters. The summed E-state index contributed by atoms with van der Waals surface area (Å²) in [5.74, 6) is -0.152. The summed E-state index contributed by atoms with van der Waals surface area (Å²) in [6.07, 6.45) is 1.02. The van der Waals surface area contributed by atoms with Gasteiger partial charge >= 0.3 is 0 Å². The van der Waals surface area contributed by atoms with Gasteiger partial charge in [-0.25, -0.2) is 0 Å². The number of piperazine rings is 1. The molecule has 2 rings (SSSR count). The maximum Gasteiger partial charge on any atom is 0.246 e. The SMILES string of the molecule is COCC(=O)N[C@H](C(=O)N1CCC(N2CCNCC2)C1)C(C)C. The van der Waals surface area contributed by atoms with Gasteiger partial charge in [-0.05, 0) is 12.3 Å². The van der Waals surface area contributed by atoms with Gasteiger partial charge in [0.15, 0.2) is 0 Å². The molecule has 0 aliphatic carbocycles. The van der Waals surface area contributed by atoms with Crippen LogP contribution >= 0.6 is 0 Å². The summed E-state index contributed by atoms with van der Waals surface area (Å²) in [6.45, 7) is 9.58. The minimum atomic E-state index is -0.473. The van der Waals surface area contributed by atoms with Gasteiger partial charge in [0.1, 0.15) is 12.6 Å². The van der Waals surface area contributed by atoms with Crippen LogP contribution in [-0.2, 0) is 14.3 Å². The van der Waals surface area contributed by atoms with Crippen LogP contribution < -0.4 is 10.6 Å². The van der Waals surface area contributed by atoms with Crippen LogP contribution in [0.15, 0.2) is 0 Å². The van der Waals surface area contributed by atoms with E-state index in [0.717, 1.165) is 45.7 Å². The monoisotopic (exact) mass is 326 g/mol. The lowest BCUT2D eigenvalue weighted by molar-refractivity contribution is -0.138. The van der Waals surface area contributed by atoms with Crippen LogP contribution in [-0.4, -0.2) is 86.7 Å². The van der Waals surface area contributed by atoms with Crippen LogP contribution in [0.2, 0.25) is 0 Å². The normalized spacial score (nSPS) is 24.0. The first-order valence-corrected chi connectivity index (χ1v) is 8.54. The van der Waals surface area contributed by atoms with Crippen LogP contribution in [0.25, 0.3) is 0 Å². The molecule has 23 heavy (non-hydrogen) atoms. The number of methoxy groups -OCH3 is 1. The molecule has 2 N–H and O–H groups in total. The van der Waals surface area contributed by atoms with Crippen LogP contribution in [0.4, 0.5) is 0 Å². The average Bonchev–Trinajstić information content (AvgIpc) is 3.03. The number of likely N-dealkylation sites (tertiary alicyclic amines) is 1. The summed E-state index contributed by atoms with van der Waals surface area (Å²) in [6, 6.07) is -0.0250. The summed E-state index contributed by atoms with van der Waals surface area (Å²) in [7, 11) is 1.48. The Bertz CT molecular complexity index is 410. The Labute approximate surface area is 138 Å². The molecule has 2 saturated heterocycles. The molecule has 0 aromatic heterocycles. The molecule has 0 aromatic carbocycles. The first-order valence-electron chi connectivity index (χ1n) is 8.54. The van der Waals surface area contributed by atoms with Gasteiger partial charge in [-0.3, -0.25) is 14.5 Å². The molecule has 0 bridgehead atoms. The molecule has 2 aliphatic heterocycles. The molecule has 7 nitrogen and oxygen atoms in total. The highest BCUT2D eigenvalue weighted by molar-refractivity contribution is 5.88. The van der Waals surface area contributed by atoms with E-state index >= 15 is 0 Å². The number of ether oxygens (including phenoxy) is 1. The molecule has 2 amide bonds. The molecule has 0 aromatic rings. The third kappa shape index (κ3) is 4.89. The maximum atomic E-state index is 12.8. The number of carbonyl (C=O) groups excluding carboxylic acids is 2. The zero-order chi connectivity index (χ0) is 16.8. The minimum absolute atomic E-state index is 0.0140. The van der Waals surface area contributed by atoms with Crippen molar-refractivity contribution in [3.63, 3.8) is 0 Å². The number of hydrogen-bond donors (Lipinski definition) is 2. The van der Waals surface area contributed by atoms with Gasteiger partial charge in [0.05, 0.1) is 0 Å². The van der Waals surface area contributed by atoms with Crippen molar-refractivity contribution in [1.29, 1.82) is 0 Å². The Morgan fingerprint density at radius 2 is 1.96 bits per heavy atom. The van der Waals surface area contributed by atoms with E-state index in [9.17, 15) is 9.59 Å². The summed E-state index contributed by atoms with van der Waals surface area (Å²) in [5.41, 5.74) is 0. The number of nitrogens with one attached hydrogen (secondary N) is 2. The Balaban J connectivity index is 1.91. The predicted molar refractivity (Wildman–Crippen MR) is 88.1 cm³/mol. The highest BCUT2D eigenvalue weighted by atomic mass is 16.5. The Morgan fingerprint density at radius 1 is 1.26 bits per heavy atom. The van der Waals surface area contributed by atoms with Crippen molar-refractivity contribution >= 4 is 11.8 Å². The van der Waals surface area contributed by atoms with E-state index in [-0.39, 0.29) is 24.3 Å². The second kappa shape index (κ2) is 8.61. The lowest BCUT2D eigenvalue weighted by Crippen LogP contribution is -2.53. The Kier molecular flexibility index (Phi) is 6.80. The van der Waals surface area contributed by atoms with E-state index in [4.69, 9.17) is 4.74 Å². The molecule has 0 saturated carbocycles. The lowest BCUT2D eigenvalue weighted by Gasteiger charge is -2.33. The molecule has 0 radical (unpaired) electrons. The summed E-state index contributed by atoms with van der Waals surface area (Å²) < 4.78 is 4.84. The molecule has 2 atom stereocenters. The topological polar surface area (TPSA) is 73.9 Å². The largest absolute Gasteiger partial charge is 0.375 e. The third-order valence-corrected chi connectivity index (χ3v) is 4.67. The zero-order valence-electron chi connectivity index (χ0n) is 14.5. The highest BCUT2D eigenvalue weighted by Gasteiger charge is 2.35. The zero-order valence-corrected chi connectivity index (χ0v) is 14.5. The molecule has 2 fully saturated rings. The number of amides is 2. The Hall–Kier alpha value is -1.18. The first kappa shape index (κ1) is 18.2. The van der Waals surface area contributed by atoms with Gasteiger partial charge in [0.2, 0.25) is 11.8 Å². The van der Waals surface area contributed by atoms with Gasteiger partial charge in [-0.2, -0.15) is 0 Å². The molecule has 7 heteroatoms. The molecule has 2 heterocycles. The van der Waals surface area contributed by atoms with Crippen LogP contribution in [0.5, 0.6) is 0 Å². The van der Waals surface area contributed by atoms with Crippen molar-refractivity contribution in [2.45, 2.75) is 32.4 Å². The number of rotatable bonds is 6. The molecular weight excluding hydrogens is 296 g/mol. The van der Waals surface area contributed by atoms with Crippen molar-refractivity contribution in [2.24, 2.45) is 5.92 Å². The average molecular weight is 326 g/mol. The quantitative estimate of drug-likeness (QED) is 0.674. The number of nitrogens with zero attached hydrogens (tertiary/aromatic N) is 2. The summed E-state index contributed by atoms with van der Waals surface area (Å²) in [5, 5.41) is 6.17. The van der Waals surface area contributed by atoms with Crippen molar-refractivity contribution < 1.29 is 14.3 Å². The smallest absolute Gasteiger partial charge is 0.246 e. The van der Waals surface area contributed by atoms with E-state index < -0.39 is 6.04 Å². The summed E-state index contributed by atoms with van der Waals surface area (Å²) in [4.78, 5) is 28.9. The number of carbonyl (C=O) groups is 2. The molecule has 0 spiro atoms. The predicted octanol–water partition coefficient (Wildman–Crippen LogP) is -0.720. The van der Waals surface area contributed by atoms with Crippen LogP contribution in [0, 0.1) is 5.92 Å². The molecular formula is C16H30N4O3. The van der Waals surface area contributed by atoms with Crippen molar-refractivity contribution in [1.82, 2.24) is 20.4 Å². The fraction of sp³-hybridized carbons (Fsp3) is 0.875. The van der Waals surface area contributed by atoms with Gasteiger partial charge in [0.25, 0.3) is 0 Å². The second-order valence-electron chi connectivity index (χ2n) is 6.73. The highest BCUT2D eigenvalue weighted by Crippen LogP contribution is 2.18.